The summed E-state index contributed by atoms with van der Waals surface area (Å²) in [5.41, 5.74) is 6.67. The summed E-state index contributed by atoms with van der Waals surface area (Å²) in [6.45, 7) is 1.26. The highest BCUT2D eigenvalue weighted by Crippen LogP contribution is 2.26. The number of benzene rings is 2. The van der Waals surface area contributed by atoms with E-state index in [-0.39, 0.29) is 24.7 Å². The van der Waals surface area contributed by atoms with Gasteiger partial charge in [0.15, 0.2) is 5.70 Å². The Balaban J connectivity index is 2.21. The molecule has 5 N–H and O–H groups in total. The van der Waals surface area contributed by atoms with Crippen molar-refractivity contribution in [2.45, 2.75) is 6.92 Å². The molecule has 26 heavy (non-hydrogen) atoms. The number of hydrogen-bond acceptors (Lipinski definition) is 7. The molecule has 0 aromatic heterocycles. The summed E-state index contributed by atoms with van der Waals surface area (Å²) < 4.78 is 5.36. The monoisotopic (exact) mass is 356 g/mol. The van der Waals surface area contributed by atoms with Crippen LogP contribution in [-0.2, 0) is 4.79 Å². The summed E-state index contributed by atoms with van der Waals surface area (Å²) in [4.78, 5) is 12.5. The van der Waals surface area contributed by atoms with Crippen molar-refractivity contribution in [3.8, 4) is 5.75 Å². The van der Waals surface area contributed by atoms with E-state index >= 15 is 0 Å². The smallest absolute Gasteiger partial charge is 0.279 e. The van der Waals surface area contributed by atoms with Crippen molar-refractivity contribution in [3.05, 3.63) is 60.0 Å². The molecule has 0 aliphatic rings. The lowest BCUT2D eigenvalue weighted by atomic mass is 10.2. The lowest BCUT2D eigenvalue weighted by Crippen LogP contribution is -2.16. The van der Waals surface area contributed by atoms with Crippen molar-refractivity contribution in [2.24, 2.45) is 10.2 Å². The number of carbonyl (C=O) groups excluding carboxylic acids is 1. The Morgan fingerprint density at radius 1 is 1.19 bits per heavy atom. The summed E-state index contributed by atoms with van der Waals surface area (Å²) in [5.74, 6) is -0.577. The van der Waals surface area contributed by atoms with Gasteiger partial charge in [0, 0.05) is 0 Å². The van der Waals surface area contributed by atoms with Crippen LogP contribution >= 0.6 is 0 Å². The molecule has 0 heterocycles. The van der Waals surface area contributed by atoms with E-state index in [9.17, 15) is 9.90 Å². The average molecular weight is 356 g/mol. The van der Waals surface area contributed by atoms with Crippen molar-refractivity contribution < 1.29 is 19.7 Å². The van der Waals surface area contributed by atoms with Crippen molar-refractivity contribution in [3.63, 3.8) is 0 Å². The Labute approximate surface area is 150 Å². The molecule has 0 radical (unpaired) electrons. The Hall–Kier alpha value is -3.39. The lowest BCUT2D eigenvalue weighted by Gasteiger charge is -2.11. The van der Waals surface area contributed by atoms with Gasteiger partial charge < -0.3 is 26.0 Å². The van der Waals surface area contributed by atoms with Crippen LogP contribution in [0.5, 0.6) is 5.75 Å². The molecule has 2 aromatic carbocycles. The molecule has 0 aliphatic carbocycles. The second kappa shape index (κ2) is 9.19. The quantitative estimate of drug-likeness (QED) is 0.262. The number of azo groups is 1. The third-order valence-corrected chi connectivity index (χ3v) is 3.24. The van der Waals surface area contributed by atoms with Crippen molar-refractivity contribution >= 4 is 23.0 Å². The number of amides is 1. The maximum Gasteiger partial charge on any atom is 0.279 e. The maximum atomic E-state index is 12.5. The number of hydrogen-bond donors (Lipinski definition) is 4. The molecule has 0 aliphatic heterocycles. The van der Waals surface area contributed by atoms with Gasteiger partial charge in [0.1, 0.15) is 23.8 Å². The number of aliphatic hydroxyl groups is 2. The third kappa shape index (κ3) is 5.05. The molecule has 2 rings (SSSR count). The fraction of sp³-hybridized carbons (Fsp3) is 0.167. The van der Waals surface area contributed by atoms with Gasteiger partial charge in [0.05, 0.1) is 18.0 Å². The minimum absolute atomic E-state index is 0.0849. The van der Waals surface area contributed by atoms with Crippen LogP contribution in [0.25, 0.3) is 0 Å². The van der Waals surface area contributed by atoms with Crippen LogP contribution in [0.2, 0.25) is 0 Å². The number of nitrogens with one attached hydrogen (secondary N) is 1. The van der Waals surface area contributed by atoms with Crippen LogP contribution in [-0.4, -0.2) is 29.3 Å². The van der Waals surface area contributed by atoms with E-state index in [1.54, 1.807) is 48.5 Å². The number of aliphatic hydroxyl groups excluding tert-OH is 2. The molecule has 136 valence electrons. The summed E-state index contributed by atoms with van der Waals surface area (Å²) in [6.07, 6.45) is 0. The Morgan fingerprint density at radius 2 is 1.88 bits per heavy atom. The number of nitrogen functional groups attached to an aromatic ring is 1. The number of allylic oxidation sites excluding steroid dienone is 1. The number of nitrogens with two attached hydrogens (primary N) is 1. The highest BCUT2D eigenvalue weighted by molar-refractivity contribution is 6.04. The minimum atomic E-state index is -0.664. The predicted molar refractivity (Wildman–Crippen MR) is 98.4 cm³/mol. The van der Waals surface area contributed by atoms with Gasteiger partial charge in [-0.3, -0.25) is 4.79 Å². The maximum absolute atomic E-state index is 12.5. The van der Waals surface area contributed by atoms with Gasteiger partial charge in [-0.15, -0.1) is 10.2 Å². The van der Waals surface area contributed by atoms with Gasteiger partial charge in [-0.05, 0) is 31.2 Å². The van der Waals surface area contributed by atoms with Crippen LogP contribution < -0.4 is 15.8 Å². The minimum Gasteiger partial charge on any atom is -0.510 e. The normalized spacial score (nSPS) is 11.9. The molecule has 0 atom stereocenters. The lowest BCUT2D eigenvalue weighted by molar-refractivity contribution is -0.113. The molecule has 0 unspecified atom stereocenters. The number of para-hydroxylation sites is 3. The van der Waals surface area contributed by atoms with Crippen LogP contribution in [0.3, 0.4) is 0 Å². The molecule has 1 amide bonds. The first kappa shape index (κ1) is 18.9. The van der Waals surface area contributed by atoms with E-state index in [0.717, 1.165) is 0 Å². The molecule has 2 aromatic rings. The van der Waals surface area contributed by atoms with E-state index < -0.39 is 5.91 Å². The fourth-order valence-corrected chi connectivity index (χ4v) is 2.00. The molecular formula is C18H20N4O4. The first-order valence-corrected chi connectivity index (χ1v) is 7.83. The van der Waals surface area contributed by atoms with E-state index in [1.807, 2.05) is 0 Å². The predicted octanol–water partition coefficient (Wildman–Crippen LogP) is 3.15. The molecule has 0 fully saturated rings. The molecule has 8 nitrogen and oxygen atoms in total. The summed E-state index contributed by atoms with van der Waals surface area (Å²) in [6, 6.07) is 13.5. The fourth-order valence-electron chi connectivity index (χ4n) is 2.00. The third-order valence-electron chi connectivity index (χ3n) is 3.24. The van der Waals surface area contributed by atoms with Crippen LogP contribution in [0.1, 0.15) is 6.92 Å². The zero-order valence-corrected chi connectivity index (χ0v) is 14.2. The number of anilines is 2. The second-order valence-electron chi connectivity index (χ2n) is 5.22. The first-order chi connectivity index (χ1) is 12.5. The molecule has 0 bridgehead atoms. The van der Waals surface area contributed by atoms with Crippen molar-refractivity contribution in [1.82, 2.24) is 0 Å². The summed E-state index contributed by atoms with van der Waals surface area (Å²) in [7, 11) is 0. The molecule has 0 spiro atoms. The van der Waals surface area contributed by atoms with Crippen LogP contribution in [0, 0.1) is 0 Å². The largest absolute Gasteiger partial charge is 0.510 e. The first-order valence-electron chi connectivity index (χ1n) is 7.83. The molecule has 8 heteroatoms. The van der Waals surface area contributed by atoms with Crippen molar-refractivity contribution in [2.75, 3.05) is 24.3 Å². The Bertz CT molecular complexity index is 829. The second-order valence-corrected chi connectivity index (χ2v) is 5.22. The molecule has 0 saturated carbocycles. The van der Waals surface area contributed by atoms with E-state index in [0.29, 0.717) is 22.8 Å². The SMILES string of the molecule is CC(O)=C(N=Nc1ccccc1N)C(=O)Nc1ccccc1OCCO. The zero-order chi connectivity index (χ0) is 18.9. The van der Waals surface area contributed by atoms with Gasteiger partial charge >= 0.3 is 0 Å². The Morgan fingerprint density at radius 3 is 2.58 bits per heavy atom. The topological polar surface area (TPSA) is 130 Å². The van der Waals surface area contributed by atoms with E-state index in [1.165, 1.54) is 6.92 Å². The van der Waals surface area contributed by atoms with Crippen LogP contribution in [0.15, 0.2) is 70.2 Å². The van der Waals surface area contributed by atoms with Gasteiger partial charge in [-0.2, -0.15) is 0 Å². The summed E-state index contributed by atoms with van der Waals surface area (Å²) >= 11 is 0. The highest BCUT2D eigenvalue weighted by atomic mass is 16.5. The number of nitrogens with zero attached hydrogens (tertiary/aromatic N) is 2. The number of rotatable bonds is 7. The average Bonchev–Trinajstić information content (AvgIpc) is 2.62. The van der Waals surface area contributed by atoms with Gasteiger partial charge in [0.25, 0.3) is 5.91 Å². The van der Waals surface area contributed by atoms with E-state index in [2.05, 4.69) is 15.5 Å². The van der Waals surface area contributed by atoms with E-state index in [4.69, 9.17) is 15.6 Å². The standard InChI is InChI=1S/C18H20N4O4/c1-12(24)17(22-21-14-7-3-2-6-13(14)19)18(25)20-15-8-4-5-9-16(15)26-11-10-23/h2-9,23-24H,10-11,19H2,1H3,(H,20,25). The Kier molecular flexibility index (Phi) is 6.69. The summed E-state index contributed by atoms with van der Waals surface area (Å²) in [5, 5.41) is 29.0. The van der Waals surface area contributed by atoms with Crippen LogP contribution in [0.4, 0.5) is 17.1 Å². The number of carbonyl (C=O) groups is 1. The highest BCUT2D eigenvalue weighted by Gasteiger charge is 2.15. The van der Waals surface area contributed by atoms with Gasteiger partial charge in [-0.1, -0.05) is 24.3 Å². The van der Waals surface area contributed by atoms with Gasteiger partial charge in [-0.25, -0.2) is 0 Å². The van der Waals surface area contributed by atoms with Crippen molar-refractivity contribution in [1.29, 1.82) is 0 Å². The molecular weight excluding hydrogens is 336 g/mol. The zero-order valence-electron chi connectivity index (χ0n) is 14.2. The van der Waals surface area contributed by atoms with Gasteiger partial charge in [0.2, 0.25) is 0 Å². The molecule has 0 saturated heterocycles. The number of ether oxygens (including phenoxy) is 1.